The smallest absolute Gasteiger partial charge is 0.434 e. The van der Waals surface area contributed by atoms with Crippen molar-refractivity contribution in [1.82, 2.24) is 9.96 Å². The summed E-state index contributed by atoms with van der Waals surface area (Å²) in [5.74, 6) is -2.33. The van der Waals surface area contributed by atoms with Gasteiger partial charge in [-0.15, -0.1) is 0 Å². The highest BCUT2D eigenvalue weighted by atomic mass is 16.8. The summed E-state index contributed by atoms with van der Waals surface area (Å²) in [6.07, 6.45) is -0.920. The quantitative estimate of drug-likeness (QED) is 0.354. The minimum Gasteiger partial charge on any atom is -0.434 e. The van der Waals surface area contributed by atoms with Gasteiger partial charge in [-0.2, -0.15) is 0 Å². The van der Waals surface area contributed by atoms with E-state index in [1.165, 1.54) is 22.3 Å². The summed E-state index contributed by atoms with van der Waals surface area (Å²) in [4.78, 5) is 42.1. The van der Waals surface area contributed by atoms with Crippen LogP contribution in [0, 0.1) is 13.8 Å². The van der Waals surface area contributed by atoms with Gasteiger partial charge in [-0.1, -0.05) is 47.5 Å². The van der Waals surface area contributed by atoms with E-state index < -0.39 is 29.9 Å². The Labute approximate surface area is 203 Å². The average molecular weight is 481 g/mol. The molecule has 3 aliphatic heterocycles. The molecule has 1 atom stereocenters. The Kier molecular flexibility index (Phi) is 6.21. The lowest BCUT2D eigenvalue weighted by atomic mass is 9.89. The molecular weight excluding hydrogens is 452 g/mol. The highest BCUT2D eigenvalue weighted by molar-refractivity contribution is 6.30. The molecule has 0 radical (unpaired) electrons. The van der Waals surface area contributed by atoms with Crippen LogP contribution in [0.5, 0.6) is 0 Å². The van der Waals surface area contributed by atoms with Crippen LogP contribution in [-0.4, -0.2) is 66.1 Å². The van der Waals surface area contributed by atoms with Gasteiger partial charge < -0.3 is 23.9 Å². The van der Waals surface area contributed by atoms with Crippen molar-refractivity contribution in [2.45, 2.75) is 45.1 Å². The normalized spacial score (nSPS) is 21.5. The Morgan fingerprint density at radius 1 is 0.943 bits per heavy atom. The van der Waals surface area contributed by atoms with E-state index in [0.717, 1.165) is 17.2 Å². The molecule has 9 heteroatoms. The maximum Gasteiger partial charge on any atom is 0.447 e. The van der Waals surface area contributed by atoms with Crippen molar-refractivity contribution in [3.8, 4) is 11.1 Å². The van der Waals surface area contributed by atoms with Gasteiger partial charge in [0, 0.05) is 32.5 Å². The molecule has 1 spiro atoms. The third kappa shape index (κ3) is 4.61. The first-order chi connectivity index (χ1) is 16.8. The van der Waals surface area contributed by atoms with E-state index in [1.54, 1.807) is 0 Å². The molecule has 0 N–H and O–H groups in total. The SMILES string of the molecule is Cc1ccc(-c2ccc(COCCN3CCC4(CC3)OC(=O)N3OC(=O)C(=O)OC34)cc2)cc1C. The van der Waals surface area contributed by atoms with Gasteiger partial charge in [-0.3, -0.25) is 0 Å². The van der Waals surface area contributed by atoms with Crippen molar-refractivity contribution in [3.05, 3.63) is 59.2 Å². The topological polar surface area (TPSA) is 94.6 Å². The van der Waals surface area contributed by atoms with Crippen LogP contribution < -0.4 is 0 Å². The second-order valence-corrected chi connectivity index (χ2v) is 9.29. The van der Waals surface area contributed by atoms with E-state index in [2.05, 4.69) is 61.2 Å². The first-order valence-corrected chi connectivity index (χ1v) is 11.8. The average Bonchev–Trinajstić information content (AvgIpc) is 3.10. The molecule has 2 aromatic carbocycles. The third-order valence-electron chi connectivity index (χ3n) is 7.02. The number of esters is 1. The van der Waals surface area contributed by atoms with Crippen LogP contribution in [0.15, 0.2) is 42.5 Å². The number of rotatable bonds is 6. The molecule has 35 heavy (non-hydrogen) atoms. The minimum atomic E-state index is -1.22. The third-order valence-corrected chi connectivity index (χ3v) is 7.02. The number of hydroxylamine groups is 2. The molecule has 3 fully saturated rings. The molecule has 0 saturated carbocycles. The largest absolute Gasteiger partial charge is 0.447 e. The minimum absolute atomic E-state index is 0.463. The van der Waals surface area contributed by atoms with Gasteiger partial charge in [0.25, 0.3) is 6.23 Å². The first kappa shape index (κ1) is 23.3. The number of nitrogens with zero attached hydrogens (tertiary/aromatic N) is 2. The molecule has 2 aromatic rings. The van der Waals surface area contributed by atoms with Crippen LogP contribution in [0.1, 0.15) is 29.5 Å². The molecule has 0 bridgehead atoms. The number of carbonyl (C=O) groups excluding carboxylic acids is 3. The Hall–Kier alpha value is -3.43. The predicted molar refractivity (Wildman–Crippen MR) is 124 cm³/mol. The summed E-state index contributed by atoms with van der Waals surface area (Å²) in [6.45, 7) is 7.33. The van der Waals surface area contributed by atoms with Crippen molar-refractivity contribution in [2.75, 3.05) is 26.2 Å². The molecule has 184 valence electrons. The standard InChI is InChI=1S/C26H28N2O7/c1-17-3-6-21(15-18(17)2)20-7-4-19(5-8-20)16-32-14-13-27-11-9-26(10-12-27)24-28(25(31)34-26)35-23(30)22(29)33-24/h3-8,15,24H,9-14,16H2,1-2H3. The fraction of sp³-hybridized carbons (Fsp3) is 0.423. The van der Waals surface area contributed by atoms with Crippen LogP contribution >= 0.6 is 0 Å². The Morgan fingerprint density at radius 3 is 2.37 bits per heavy atom. The molecule has 3 heterocycles. The number of benzene rings is 2. The highest BCUT2D eigenvalue weighted by Crippen LogP contribution is 2.40. The van der Waals surface area contributed by atoms with Crippen LogP contribution in [0.25, 0.3) is 11.1 Å². The van der Waals surface area contributed by atoms with Crippen LogP contribution in [0.3, 0.4) is 0 Å². The maximum atomic E-state index is 12.1. The van der Waals surface area contributed by atoms with Crippen molar-refractivity contribution < 1.29 is 33.4 Å². The van der Waals surface area contributed by atoms with Gasteiger partial charge in [-0.05, 0) is 41.7 Å². The summed E-state index contributed by atoms with van der Waals surface area (Å²) in [5.41, 5.74) is 5.08. The van der Waals surface area contributed by atoms with Crippen molar-refractivity contribution in [1.29, 1.82) is 0 Å². The number of hydrogen-bond donors (Lipinski definition) is 0. The molecule has 9 nitrogen and oxygen atoms in total. The monoisotopic (exact) mass is 480 g/mol. The number of carbonyl (C=O) groups is 3. The van der Waals surface area contributed by atoms with E-state index in [0.29, 0.717) is 39.1 Å². The number of hydrogen-bond acceptors (Lipinski definition) is 8. The van der Waals surface area contributed by atoms with Crippen molar-refractivity contribution in [2.24, 2.45) is 0 Å². The van der Waals surface area contributed by atoms with Gasteiger partial charge in [0.05, 0.1) is 13.2 Å². The van der Waals surface area contributed by atoms with Crippen LogP contribution in [-0.2, 0) is 35.2 Å². The zero-order valence-corrected chi connectivity index (χ0v) is 19.8. The van der Waals surface area contributed by atoms with Crippen molar-refractivity contribution in [3.63, 3.8) is 0 Å². The Morgan fingerprint density at radius 2 is 1.66 bits per heavy atom. The number of fused-ring (bicyclic) bond motifs is 2. The molecule has 5 rings (SSSR count). The van der Waals surface area contributed by atoms with Gasteiger partial charge >= 0.3 is 18.0 Å². The van der Waals surface area contributed by atoms with Crippen LogP contribution in [0.2, 0.25) is 0 Å². The lowest BCUT2D eigenvalue weighted by Crippen LogP contribution is -2.57. The molecule has 0 aromatic heterocycles. The van der Waals surface area contributed by atoms with E-state index in [4.69, 9.17) is 19.0 Å². The lowest BCUT2D eigenvalue weighted by molar-refractivity contribution is -0.251. The van der Waals surface area contributed by atoms with Gasteiger partial charge in [0.1, 0.15) is 0 Å². The Balaban J connectivity index is 1.07. The summed E-state index contributed by atoms with van der Waals surface area (Å²) in [5, 5.41) is 0.730. The number of piperidine rings is 1. The van der Waals surface area contributed by atoms with Gasteiger partial charge in [-0.25, -0.2) is 14.4 Å². The van der Waals surface area contributed by atoms with Gasteiger partial charge in [0.2, 0.25) is 0 Å². The summed E-state index contributed by atoms with van der Waals surface area (Å²) < 4.78 is 16.5. The number of aryl methyl sites for hydroxylation is 2. The molecule has 0 aliphatic carbocycles. The predicted octanol–water partition coefficient (Wildman–Crippen LogP) is 3.11. The summed E-state index contributed by atoms with van der Waals surface area (Å²) in [7, 11) is 0. The fourth-order valence-corrected chi connectivity index (χ4v) is 4.70. The van der Waals surface area contributed by atoms with Gasteiger partial charge in [0.15, 0.2) is 5.60 Å². The summed E-state index contributed by atoms with van der Waals surface area (Å²) in [6, 6.07) is 14.9. The molecule has 3 aliphatic rings. The molecular formula is C26H28N2O7. The maximum absolute atomic E-state index is 12.1. The highest BCUT2D eigenvalue weighted by Gasteiger charge is 2.62. The molecule has 1 amide bonds. The molecule has 1 unspecified atom stereocenters. The van der Waals surface area contributed by atoms with E-state index in [1.807, 2.05) is 0 Å². The number of likely N-dealkylation sites (tertiary alicyclic amines) is 1. The van der Waals surface area contributed by atoms with E-state index >= 15 is 0 Å². The number of ether oxygens (including phenoxy) is 3. The fourth-order valence-electron chi connectivity index (χ4n) is 4.70. The van der Waals surface area contributed by atoms with Crippen molar-refractivity contribution >= 4 is 18.0 Å². The van der Waals surface area contributed by atoms with Crippen LogP contribution in [0.4, 0.5) is 4.79 Å². The number of amides is 1. The molecule has 3 saturated heterocycles. The van der Waals surface area contributed by atoms with E-state index in [9.17, 15) is 14.4 Å². The summed E-state index contributed by atoms with van der Waals surface area (Å²) >= 11 is 0. The Bertz CT molecular complexity index is 1140. The lowest BCUT2D eigenvalue weighted by Gasteiger charge is -2.40. The zero-order chi connectivity index (χ0) is 24.6. The zero-order valence-electron chi connectivity index (χ0n) is 19.8. The van der Waals surface area contributed by atoms with E-state index in [-0.39, 0.29) is 0 Å². The second-order valence-electron chi connectivity index (χ2n) is 9.29. The second kappa shape index (κ2) is 9.31. The first-order valence-electron chi connectivity index (χ1n) is 11.8.